The molecule has 0 aliphatic carbocycles. The van der Waals surface area contributed by atoms with Crippen molar-refractivity contribution in [1.29, 1.82) is 5.26 Å². The zero-order valence-corrected chi connectivity index (χ0v) is 11.4. The Kier molecular flexibility index (Phi) is 3.81. The van der Waals surface area contributed by atoms with E-state index in [-0.39, 0.29) is 0 Å². The van der Waals surface area contributed by atoms with Gasteiger partial charge in [0.2, 0.25) is 5.69 Å². The number of hydrogen-bond acceptors (Lipinski definition) is 4. The highest BCUT2D eigenvalue weighted by Crippen LogP contribution is 2.17. The van der Waals surface area contributed by atoms with Gasteiger partial charge in [-0.25, -0.2) is 0 Å². The number of benzene rings is 1. The molecule has 0 bridgehead atoms. The summed E-state index contributed by atoms with van der Waals surface area (Å²) >= 11 is 0. The molecule has 0 saturated carbocycles. The number of rotatable bonds is 4. The van der Waals surface area contributed by atoms with Crippen molar-refractivity contribution in [2.45, 2.75) is 27.2 Å². The number of aromatic nitrogens is 3. The average molecular weight is 255 g/mol. The molecular formula is C14H17N5. The highest BCUT2D eigenvalue weighted by atomic mass is 15.5. The van der Waals surface area contributed by atoms with Crippen LogP contribution < -0.4 is 5.32 Å². The first-order chi connectivity index (χ1) is 9.15. The number of hydrogen-bond donors (Lipinski definition) is 1. The number of nitriles is 1. The fourth-order valence-corrected chi connectivity index (χ4v) is 1.79. The summed E-state index contributed by atoms with van der Waals surface area (Å²) in [5.41, 5.74) is 3.45. The van der Waals surface area contributed by atoms with Crippen molar-refractivity contribution in [2.24, 2.45) is 0 Å². The Balaban J connectivity index is 2.43. The van der Waals surface area contributed by atoms with Gasteiger partial charge in [-0.3, -0.25) is 0 Å². The maximum atomic E-state index is 9.10. The molecule has 0 unspecified atom stereocenters. The molecule has 1 aromatic heterocycles. The van der Waals surface area contributed by atoms with Crippen molar-refractivity contribution in [2.75, 3.05) is 11.9 Å². The van der Waals surface area contributed by atoms with Crippen molar-refractivity contribution in [3.05, 3.63) is 35.0 Å². The second-order valence-electron chi connectivity index (χ2n) is 4.52. The van der Waals surface area contributed by atoms with E-state index in [2.05, 4.69) is 28.5 Å². The molecule has 98 valence electrons. The highest BCUT2D eigenvalue weighted by Gasteiger charge is 2.12. The van der Waals surface area contributed by atoms with Gasteiger partial charge < -0.3 is 5.32 Å². The molecule has 1 aromatic carbocycles. The van der Waals surface area contributed by atoms with Crippen molar-refractivity contribution in [1.82, 2.24) is 15.0 Å². The van der Waals surface area contributed by atoms with E-state index >= 15 is 0 Å². The number of nitrogens with one attached hydrogen (secondary N) is 1. The van der Waals surface area contributed by atoms with E-state index in [1.807, 2.05) is 32.0 Å². The first-order valence-corrected chi connectivity index (χ1v) is 6.34. The van der Waals surface area contributed by atoms with Gasteiger partial charge in [0.05, 0.1) is 5.69 Å². The molecule has 2 rings (SSSR count). The Bertz CT molecular complexity index is 621. The molecule has 0 radical (unpaired) electrons. The van der Waals surface area contributed by atoms with E-state index in [4.69, 9.17) is 5.26 Å². The summed E-state index contributed by atoms with van der Waals surface area (Å²) < 4.78 is 0. The summed E-state index contributed by atoms with van der Waals surface area (Å²) in [6, 6.07) is 8.16. The Morgan fingerprint density at radius 3 is 2.79 bits per heavy atom. The molecule has 2 aromatic rings. The van der Waals surface area contributed by atoms with Crippen molar-refractivity contribution in [3.63, 3.8) is 0 Å². The lowest BCUT2D eigenvalue weighted by Crippen LogP contribution is -2.04. The predicted octanol–water partition coefficient (Wildman–Crippen LogP) is 2.58. The number of nitrogens with zero attached hydrogens (tertiary/aromatic N) is 4. The normalized spacial score (nSPS) is 10.2. The second-order valence-corrected chi connectivity index (χ2v) is 4.52. The third kappa shape index (κ3) is 2.74. The van der Waals surface area contributed by atoms with Gasteiger partial charge in [-0.1, -0.05) is 19.1 Å². The summed E-state index contributed by atoms with van der Waals surface area (Å²) in [4.78, 5) is 1.53. The first-order valence-electron chi connectivity index (χ1n) is 6.34. The lowest BCUT2D eigenvalue weighted by atomic mass is 10.1. The molecule has 0 amide bonds. The van der Waals surface area contributed by atoms with Gasteiger partial charge in [0.25, 0.3) is 0 Å². The molecule has 5 heteroatoms. The molecule has 0 aliphatic heterocycles. The van der Waals surface area contributed by atoms with Gasteiger partial charge in [0.1, 0.15) is 6.07 Å². The van der Waals surface area contributed by atoms with Gasteiger partial charge in [-0.2, -0.15) is 5.26 Å². The minimum absolute atomic E-state index is 0.328. The van der Waals surface area contributed by atoms with Crippen LogP contribution in [-0.4, -0.2) is 21.5 Å². The molecular weight excluding hydrogens is 238 g/mol. The predicted molar refractivity (Wildman–Crippen MR) is 74.3 cm³/mol. The number of aryl methyl sites for hydroxylation is 2. The van der Waals surface area contributed by atoms with E-state index in [0.717, 1.165) is 29.8 Å². The first kappa shape index (κ1) is 13.1. The standard InChI is InChI=1S/C14H17N5/c1-4-7-16-14-12(9-15)17-19(18-14)13-8-10(2)5-6-11(13)3/h5-6,8H,4,7H2,1-3H3,(H,16,18). The lowest BCUT2D eigenvalue weighted by Gasteiger charge is -2.05. The second kappa shape index (κ2) is 5.53. The third-order valence-corrected chi connectivity index (χ3v) is 2.84. The van der Waals surface area contributed by atoms with Crippen LogP contribution in [0.25, 0.3) is 5.69 Å². The van der Waals surface area contributed by atoms with E-state index in [1.54, 1.807) is 0 Å². The number of anilines is 1. The average Bonchev–Trinajstić information content (AvgIpc) is 2.82. The summed E-state index contributed by atoms with van der Waals surface area (Å²) in [5.74, 6) is 0.547. The largest absolute Gasteiger partial charge is 0.366 e. The molecule has 0 saturated heterocycles. The molecule has 19 heavy (non-hydrogen) atoms. The summed E-state index contributed by atoms with van der Waals surface area (Å²) in [5, 5.41) is 20.8. The Hall–Kier alpha value is -2.35. The monoisotopic (exact) mass is 255 g/mol. The van der Waals surface area contributed by atoms with Crippen LogP contribution in [0, 0.1) is 25.2 Å². The van der Waals surface area contributed by atoms with Crippen molar-refractivity contribution in [3.8, 4) is 11.8 Å². The fourth-order valence-electron chi connectivity index (χ4n) is 1.79. The van der Waals surface area contributed by atoms with Gasteiger partial charge in [0, 0.05) is 6.54 Å². The molecule has 1 N–H and O–H groups in total. The topological polar surface area (TPSA) is 66.5 Å². The van der Waals surface area contributed by atoms with Crippen LogP contribution in [0.15, 0.2) is 18.2 Å². The van der Waals surface area contributed by atoms with Crippen molar-refractivity contribution >= 4 is 5.82 Å². The highest BCUT2D eigenvalue weighted by molar-refractivity contribution is 5.49. The summed E-state index contributed by atoms with van der Waals surface area (Å²) in [7, 11) is 0. The zero-order chi connectivity index (χ0) is 13.8. The molecule has 0 aliphatic rings. The van der Waals surface area contributed by atoms with Gasteiger partial charge >= 0.3 is 0 Å². The maximum Gasteiger partial charge on any atom is 0.207 e. The SMILES string of the molecule is CCCNc1nn(-c2cc(C)ccc2C)nc1C#N. The minimum Gasteiger partial charge on any atom is -0.366 e. The zero-order valence-electron chi connectivity index (χ0n) is 11.4. The summed E-state index contributed by atoms with van der Waals surface area (Å²) in [6.07, 6.45) is 0.973. The van der Waals surface area contributed by atoms with E-state index < -0.39 is 0 Å². The minimum atomic E-state index is 0.328. The molecule has 0 atom stereocenters. The van der Waals surface area contributed by atoms with Gasteiger partial charge in [-0.05, 0) is 37.5 Å². The fraction of sp³-hybridized carbons (Fsp3) is 0.357. The van der Waals surface area contributed by atoms with Crippen LogP contribution in [0.4, 0.5) is 5.82 Å². The van der Waals surface area contributed by atoms with Crippen LogP contribution in [0.3, 0.4) is 0 Å². The Labute approximate surface area is 112 Å². The smallest absolute Gasteiger partial charge is 0.207 e. The lowest BCUT2D eigenvalue weighted by molar-refractivity contribution is 0.744. The Morgan fingerprint density at radius 2 is 2.11 bits per heavy atom. The van der Waals surface area contributed by atoms with E-state index in [1.165, 1.54) is 4.80 Å². The van der Waals surface area contributed by atoms with Crippen LogP contribution in [0.5, 0.6) is 0 Å². The Morgan fingerprint density at radius 1 is 1.32 bits per heavy atom. The molecule has 1 heterocycles. The van der Waals surface area contributed by atoms with Crippen LogP contribution in [-0.2, 0) is 0 Å². The molecule has 0 fully saturated rings. The molecule has 5 nitrogen and oxygen atoms in total. The quantitative estimate of drug-likeness (QED) is 0.911. The van der Waals surface area contributed by atoms with Crippen LogP contribution in [0.1, 0.15) is 30.2 Å². The maximum absolute atomic E-state index is 9.10. The van der Waals surface area contributed by atoms with Crippen molar-refractivity contribution < 1.29 is 0 Å². The van der Waals surface area contributed by atoms with E-state index in [9.17, 15) is 0 Å². The molecule has 0 spiro atoms. The van der Waals surface area contributed by atoms with Gasteiger partial charge in [0.15, 0.2) is 5.82 Å². The summed E-state index contributed by atoms with van der Waals surface area (Å²) in [6.45, 7) is 6.87. The third-order valence-electron chi connectivity index (χ3n) is 2.84. The van der Waals surface area contributed by atoms with E-state index in [0.29, 0.717) is 11.5 Å². The van der Waals surface area contributed by atoms with Crippen LogP contribution in [0.2, 0.25) is 0 Å². The van der Waals surface area contributed by atoms with Crippen LogP contribution >= 0.6 is 0 Å². The van der Waals surface area contributed by atoms with Gasteiger partial charge in [-0.15, -0.1) is 15.0 Å².